The number of thioether (sulfide) groups is 1. The molecule has 0 aliphatic rings. The molecule has 0 saturated heterocycles. The van der Waals surface area contributed by atoms with Gasteiger partial charge in [-0.15, -0.1) is 0 Å². The van der Waals surface area contributed by atoms with Gasteiger partial charge in [-0.25, -0.2) is 0 Å². The molecule has 0 aromatic carbocycles. The molecule has 15 heavy (non-hydrogen) atoms. The Morgan fingerprint density at radius 1 is 1.40 bits per heavy atom. The van der Waals surface area contributed by atoms with Crippen LogP contribution in [0.2, 0.25) is 0 Å². The number of nitrogens with one attached hydrogen (secondary N) is 1. The largest absolute Gasteiger partial charge is 0.309 e. The van der Waals surface area contributed by atoms with E-state index in [-0.39, 0.29) is 0 Å². The van der Waals surface area contributed by atoms with E-state index in [1.165, 1.54) is 6.42 Å². The topological polar surface area (TPSA) is 24.9 Å². The molecule has 1 rings (SSSR count). The highest BCUT2D eigenvalue weighted by Gasteiger charge is 2.05. The summed E-state index contributed by atoms with van der Waals surface area (Å²) < 4.78 is 0. The molecule has 0 aliphatic carbocycles. The summed E-state index contributed by atoms with van der Waals surface area (Å²) in [6.45, 7) is 5.48. The van der Waals surface area contributed by atoms with Crippen molar-refractivity contribution < 1.29 is 0 Å². The van der Waals surface area contributed by atoms with Crippen molar-refractivity contribution in [3.05, 3.63) is 30.1 Å². The zero-order chi connectivity index (χ0) is 11.1. The smallest absolute Gasteiger partial charge is 0.0570 e. The molecular weight excluding hydrogens is 204 g/mol. The van der Waals surface area contributed by atoms with Crippen LogP contribution in [0.15, 0.2) is 24.4 Å². The first-order valence-corrected chi connectivity index (χ1v) is 6.70. The molecule has 1 aromatic rings. The molecule has 2 unspecified atom stereocenters. The van der Waals surface area contributed by atoms with Gasteiger partial charge in [-0.1, -0.05) is 13.0 Å². The predicted molar refractivity (Wildman–Crippen MR) is 68.2 cm³/mol. The Morgan fingerprint density at radius 2 is 2.20 bits per heavy atom. The van der Waals surface area contributed by atoms with Crippen molar-refractivity contribution in [2.45, 2.75) is 31.6 Å². The Labute approximate surface area is 96.9 Å². The van der Waals surface area contributed by atoms with Gasteiger partial charge in [0.1, 0.15) is 0 Å². The summed E-state index contributed by atoms with van der Waals surface area (Å²) in [5, 5.41) is 4.22. The minimum atomic E-state index is 0.347. The molecule has 0 bridgehead atoms. The Morgan fingerprint density at radius 3 is 2.80 bits per heavy atom. The molecule has 0 aliphatic heterocycles. The van der Waals surface area contributed by atoms with Crippen molar-refractivity contribution in [1.82, 2.24) is 10.3 Å². The molecule has 0 amide bonds. The summed E-state index contributed by atoms with van der Waals surface area (Å²) >= 11 is 1.92. The van der Waals surface area contributed by atoms with Crippen molar-refractivity contribution in [3.63, 3.8) is 0 Å². The van der Waals surface area contributed by atoms with Crippen molar-refractivity contribution in [2.75, 3.05) is 12.8 Å². The summed E-state index contributed by atoms with van der Waals surface area (Å²) in [6, 6.07) is 6.40. The van der Waals surface area contributed by atoms with Crippen LogP contribution in [0, 0.1) is 0 Å². The highest BCUT2D eigenvalue weighted by molar-refractivity contribution is 7.99. The van der Waals surface area contributed by atoms with Gasteiger partial charge in [0, 0.05) is 17.5 Å². The van der Waals surface area contributed by atoms with E-state index in [2.05, 4.69) is 36.5 Å². The second kappa shape index (κ2) is 6.85. The van der Waals surface area contributed by atoms with E-state index in [4.69, 9.17) is 0 Å². The Balaban J connectivity index is 2.28. The van der Waals surface area contributed by atoms with Crippen LogP contribution in [0.1, 0.15) is 32.0 Å². The van der Waals surface area contributed by atoms with Crippen molar-refractivity contribution in [2.24, 2.45) is 0 Å². The fourth-order valence-corrected chi connectivity index (χ4v) is 1.71. The third-order valence-electron chi connectivity index (χ3n) is 2.54. The van der Waals surface area contributed by atoms with Crippen LogP contribution in [-0.4, -0.2) is 23.0 Å². The van der Waals surface area contributed by atoms with Crippen LogP contribution in [-0.2, 0) is 0 Å². The van der Waals surface area contributed by atoms with E-state index in [0.717, 1.165) is 17.5 Å². The number of aromatic nitrogens is 1. The molecule has 0 spiro atoms. The van der Waals surface area contributed by atoms with Crippen LogP contribution in [0.3, 0.4) is 0 Å². The second-order valence-corrected chi connectivity index (χ2v) is 5.04. The molecule has 0 radical (unpaired) electrons. The number of hydrogen-bond acceptors (Lipinski definition) is 3. The molecule has 0 saturated carbocycles. The van der Waals surface area contributed by atoms with Crippen LogP contribution < -0.4 is 5.32 Å². The van der Waals surface area contributed by atoms with Gasteiger partial charge < -0.3 is 5.32 Å². The van der Waals surface area contributed by atoms with E-state index >= 15 is 0 Å². The molecule has 2 atom stereocenters. The molecule has 1 aromatic heterocycles. The monoisotopic (exact) mass is 224 g/mol. The lowest BCUT2D eigenvalue weighted by Crippen LogP contribution is -2.22. The fraction of sp³-hybridized carbons (Fsp3) is 0.583. The SMILES string of the molecule is CSC(C)CCNC(C)c1ccccn1. The lowest BCUT2D eigenvalue weighted by Gasteiger charge is -2.14. The summed E-state index contributed by atoms with van der Waals surface area (Å²) in [5.41, 5.74) is 1.12. The predicted octanol–water partition coefficient (Wildman–Crippen LogP) is 2.87. The maximum absolute atomic E-state index is 4.33. The van der Waals surface area contributed by atoms with Gasteiger partial charge in [0.25, 0.3) is 0 Å². The quantitative estimate of drug-likeness (QED) is 0.804. The van der Waals surface area contributed by atoms with Gasteiger partial charge in [-0.3, -0.25) is 4.98 Å². The van der Waals surface area contributed by atoms with Gasteiger partial charge in [0.05, 0.1) is 5.69 Å². The first-order valence-electron chi connectivity index (χ1n) is 5.41. The number of pyridine rings is 1. The molecular formula is C12H20N2S. The van der Waals surface area contributed by atoms with Crippen molar-refractivity contribution in [1.29, 1.82) is 0 Å². The van der Waals surface area contributed by atoms with Crippen molar-refractivity contribution >= 4 is 11.8 Å². The average molecular weight is 224 g/mol. The summed E-state index contributed by atoms with van der Waals surface area (Å²) in [5.74, 6) is 0. The normalized spacial score (nSPS) is 14.9. The van der Waals surface area contributed by atoms with Crippen LogP contribution in [0.5, 0.6) is 0 Å². The summed E-state index contributed by atoms with van der Waals surface area (Å²) in [6.07, 6.45) is 5.21. The van der Waals surface area contributed by atoms with E-state index in [1.54, 1.807) is 0 Å². The standard InChI is InChI=1S/C12H20N2S/c1-10(15-3)7-9-13-11(2)12-6-4-5-8-14-12/h4-6,8,10-11,13H,7,9H2,1-3H3. The van der Waals surface area contributed by atoms with Gasteiger partial charge in [-0.2, -0.15) is 11.8 Å². The fourth-order valence-electron chi connectivity index (χ4n) is 1.36. The van der Waals surface area contributed by atoms with Crippen molar-refractivity contribution in [3.8, 4) is 0 Å². The van der Waals surface area contributed by atoms with Crippen LogP contribution in [0.25, 0.3) is 0 Å². The van der Waals surface area contributed by atoms with E-state index in [0.29, 0.717) is 6.04 Å². The van der Waals surface area contributed by atoms with E-state index in [9.17, 15) is 0 Å². The highest BCUT2D eigenvalue weighted by Crippen LogP contribution is 2.11. The van der Waals surface area contributed by atoms with Gasteiger partial charge in [0.2, 0.25) is 0 Å². The maximum Gasteiger partial charge on any atom is 0.0570 e. The zero-order valence-electron chi connectivity index (χ0n) is 9.73. The number of nitrogens with zero attached hydrogens (tertiary/aromatic N) is 1. The molecule has 1 N–H and O–H groups in total. The first-order chi connectivity index (χ1) is 7.24. The maximum atomic E-state index is 4.33. The minimum Gasteiger partial charge on any atom is -0.309 e. The zero-order valence-corrected chi connectivity index (χ0v) is 10.6. The molecule has 3 heteroatoms. The Bertz CT molecular complexity index is 264. The van der Waals surface area contributed by atoms with Gasteiger partial charge in [0.15, 0.2) is 0 Å². The van der Waals surface area contributed by atoms with Crippen LogP contribution >= 0.6 is 11.8 Å². The molecule has 0 fully saturated rings. The average Bonchev–Trinajstić information content (AvgIpc) is 2.29. The lowest BCUT2D eigenvalue weighted by atomic mass is 10.2. The highest BCUT2D eigenvalue weighted by atomic mass is 32.2. The second-order valence-electron chi connectivity index (χ2n) is 3.77. The third-order valence-corrected chi connectivity index (χ3v) is 3.58. The first kappa shape index (κ1) is 12.5. The Hall–Kier alpha value is -0.540. The number of hydrogen-bond donors (Lipinski definition) is 1. The minimum absolute atomic E-state index is 0.347. The van der Waals surface area contributed by atoms with Gasteiger partial charge >= 0.3 is 0 Å². The van der Waals surface area contributed by atoms with E-state index < -0.39 is 0 Å². The molecule has 84 valence electrons. The lowest BCUT2D eigenvalue weighted by molar-refractivity contribution is 0.547. The summed E-state index contributed by atoms with van der Waals surface area (Å²) in [4.78, 5) is 4.33. The van der Waals surface area contributed by atoms with E-state index in [1.807, 2.05) is 30.1 Å². The third kappa shape index (κ3) is 4.67. The Kier molecular flexibility index (Phi) is 5.73. The van der Waals surface area contributed by atoms with Crippen LogP contribution in [0.4, 0.5) is 0 Å². The molecule has 2 nitrogen and oxygen atoms in total. The summed E-state index contributed by atoms with van der Waals surface area (Å²) in [7, 11) is 0. The molecule has 1 heterocycles. The van der Waals surface area contributed by atoms with Gasteiger partial charge in [-0.05, 0) is 38.3 Å². The number of rotatable bonds is 6.